The normalized spacial score (nSPS) is 15.1. The summed E-state index contributed by atoms with van der Waals surface area (Å²) in [6.07, 6.45) is 2.19. The number of rotatable bonds is 8. The van der Waals surface area contributed by atoms with Crippen LogP contribution in [0.1, 0.15) is 16.7 Å². The smallest absolute Gasteiger partial charge is 0.132 e. The number of aromatic nitrogens is 1. The zero-order valence-electron chi connectivity index (χ0n) is 18.2. The van der Waals surface area contributed by atoms with Gasteiger partial charge in [-0.1, -0.05) is 54.6 Å². The zero-order chi connectivity index (χ0) is 21.5. The number of pyridine rings is 1. The van der Waals surface area contributed by atoms with Crippen LogP contribution in [0.15, 0.2) is 71.8 Å². The number of aryl methyl sites for hydroxylation is 1. The van der Waals surface area contributed by atoms with Crippen molar-refractivity contribution >= 4 is 5.82 Å². The van der Waals surface area contributed by atoms with Crippen LogP contribution in [-0.2, 0) is 12.8 Å². The molecule has 1 saturated heterocycles. The van der Waals surface area contributed by atoms with Crippen LogP contribution >= 0.6 is 0 Å². The fourth-order valence-electron chi connectivity index (χ4n) is 4.15. The molecule has 0 spiro atoms. The first-order valence-corrected chi connectivity index (χ1v) is 11.1. The van der Waals surface area contributed by atoms with Gasteiger partial charge >= 0.3 is 0 Å². The maximum atomic E-state index is 9.02. The van der Waals surface area contributed by atoms with Gasteiger partial charge in [0.25, 0.3) is 0 Å². The highest BCUT2D eigenvalue weighted by Gasteiger charge is 2.16. The highest BCUT2D eigenvalue weighted by atomic mass is 15.3. The van der Waals surface area contributed by atoms with Crippen LogP contribution in [0.2, 0.25) is 0 Å². The average Bonchev–Trinajstić information content (AvgIpc) is 2.82. The summed E-state index contributed by atoms with van der Waals surface area (Å²) in [5.41, 5.74) is 14.7. The second-order valence-corrected chi connectivity index (χ2v) is 8.35. The fraction of sp³-hybridized carbons (Fsp3) is 0.346. The lowest BCUT2D eigenvalue weighted by atomic mass is 10.1. The number of piperazine rings is 1. The molecule has 0 radical (unpaired) electrons. The summed E-state index contributed by atoms with van der Waals surface area (Å²) in [5, 5.41) is 3.23. The van der Waals surface area contributed by atoms with Crippen LogP contribution in [0.3, 0.4) is 0 Å². The Morgan fingerprint density at radius 3 is 1.97 bits per heavy atom. The van der Waals surface area contributed by atoms with E-state index >= 15 is 0 Å². The van der Waals surface area contributed by atoms with Crippen molar-refractivity contribution in [3.05, 3.63) is 89.0 Å². The van der Waals surface area contributed by atoms with Crippen molar-refractivity contribution in [2.75, 3.05) is 39.3 Å². The maximum absolute atomic E-state index is 9.02. The fourth-order valence-corrected chi connectivity index (χ4v) is 4.15. The van der Waals surface area contributed by atoms with Gasteiger partial charge in [0.2, 0.25) is 0 Å². The molecule has 5 heteroatoms. The third-order valence-electron chi connectivity index (χ3n) is 6.05. The van der Waals surface area contributed by atoms with E-state index in [0.29, 0.717) is 5.82 Å². The highest BCUT2D eigenvalue weighted by Crippen LogP contribution is 2.23. The van der Waals surface area contributed by atoms with Crippen LogP contribution in [0, 0.1) is 6.92 Å². The van der Waals surface area contributed by atoms with E-state index in [4.69, 9.17) is 5.53 Å². The molecule has 1 aliphatic rings. The number of hydrogen-bond donors (Lipinski definition) is 0. The van der Waals surface area contributed by atoms with Gasteiger partial charge in [-0.3, -0.25) is 0 Å². The van der Waals surface area contributed by atoms with Gasteiger partial charge < -0.3 is 20.4 Å². The molecule has 1 aliphatic heterocycles. The molecule has 0 atom stereocenters. The van der Waals surface area contributed by atoms with Crippen LogP contribution in [0.4, 0.5) is 5.82 Å². The summed E-state index contributed by atoms with van der Waals surface area (Å²) < 4.78 is 0. The zero-order valence-corrected chi connectivity index (χ0v) is 18.2. The third-order valence-corrected chi connectivity index (χ3v) is 6.05. The molecule has 2 aromatic carbocycles. The molecule has 1 fully saturated rings. The van der Waals surface area contributed by atoms with E-state index in [1.54, 1.807) is 6.07 Å². The molecular formula is C26H30N5-. The quantitative estimate of drug-likeness (QED) is 0.483. The van der Waals surface area contributed by atoms with Crippen molar-refractivity contribution in [3.8, 4) is 11.3 Å². The Morgan fingerprint density at radius 2 is 1.39 bits per heavy atom. The van der Waals surface area contributed by atoms with Crippen molar-refractivity contribution in [1.29, 1.82) is 0 Å². The lowest BCUT2D eigenvalue weighted by Gasteiger charge is -2.34. The van der Waals surface area contributed by atoms with Gasteiger partial charge in [-0.15, -0.1) is 0 Å². The molecule has 2 heterocycles. The molecule has 31 heavy (non-hydrogen) atoms. The summed E-state index contributed by atoms with van der Waals surface area (Å²) in [6, 6.07) is 23.1. The summed E-state index contributed by atoms with van der Waals surface area (Å²) >= 11 is 0. The molecule has 0 N–H and O–H groups in total. The minimum Gasteiger partial charge on any atom is -0.705 e. The highest BCUT2D eigenvalue weighted by molar-refractivity contribution is 5.62. The molecule has 0 unspecified atom stereocenters. The van der Waals surface area contributed by atoms with Crippen molar-refractivity contribution in [2.24, 2.45) is 5.11 Å². The summed E-state index contributed by atoms with van der Waals surface area (Å²) in [7, 11) is 0. The van der Waals surface area contributed by atoms with E-state index < -0.39 is 0 Å². The van der Waals surface area contributed by atoms with Crippen LogP contribution in [-0.4, -0.2) is 54.1 Å². The van der Waals surface area contributed by atoms with E-state index in [2.05, 4.69) is 74.5 Å². The van der Waals surface area contributed by atoms with Crippen molar-refractivity contribution in [3.63, 3.8) is 0 Å². The van der Waals surface area contributed by atoms with E-state index in [-0.39, 0.29) is 0 Å². The molecule has 1 aromatic heterocycles. The Bertz CT molecular complexity index is 976. The Balaban J connectivity index is 1.23. The number of benzene rings is 2. The Labute approximate surface area is 185 Å². The second kappa shape index (κ2) is 10.4. The van der Waals surface area contributed by atoms with E-state index in [1.807, 2.05) is 13.0 Å². The maximum Gasteiger partial charge on any atom is 0.132 e. The first kappa shape index (κ1) is 21.3. The van der Waals surface area contributed by atoms with Crippen molar-refractivity contribution in [2.45, 2.75) is 19.8 Å². The monoisotopic (exact) mass is 412 g/mol. The van der Waals surface area contributed by atoms with E-state index in [1.165, 1.54) is 11.1 Å². The number of nitrogens with zero attached hydrogens (tertiary/aromatic N) is 5. The van der Waals surface area contributed by atoms with Gasteiger partial charge in [-0.2, -0.15) is 0 Å². The first-order valence-electron chi connectivity index (χ1n) is 11.1. The summed E-state index contributed by atoms with van der Waals surface area (Å²) in [5.74, 6) is 0.349. The van der Waals surface area contributed by atoms with Crippen molar-refractivity contribution < 1.29 is 0 Å². The first-order chi connectivity index (χ1) is 15.2. The molecule has 3 aromatic rings. The van der Waals surface area contributed by atoms with Gasteiger partial charge in [0.15, 0.2) is 0 Å². The standard InChI is InChI=1S/C26H30N5/c1-21-19-25(28-26(20-21)29-27)24-9-7-23(8-10-24)12-14-31-17-15-30(16-18-31)13-11-22-5-3-2-4-6-22/h2-10,19-20H,11-18H2,1H3/q-1. The minimum atomic E-state index is 0.349. The molecule has 0 amide bonds. The van der Waals surface area contributed by atoms with E-state index in [0.717, 1.165) is 68.9 Å². The third kappa shape index (κ3) is 6.06. The lowest BCUT2D eigenvalue weighted by molar-refractivity contribution is 0.134. The number of hydrogen-bond acceptors (Lipinski definition) is 4. The molecule has 5 nitrogen and oxygen atoms in total. The van der Waals surface area contributed by atoms with Crippen LogP contribution in [0.5, 0.6) is 0 Å². The summed E-state index contributed by atoms with van der Waals surface area (Å²) in [6.45, 7) is 8.84. The predicted molar refractivity (Wildman–Crippen MR) is 127 cm³/mol. The Kier molecular flexibility index (Phi) is 7.18. The minimum absolute atomic E-state index is 0.349. The molecular weight excluding hydrogens is 382 g/mol. The van der Waals surface area contributed by atoms with Crippen LogP contribution in [0.25, 0.3) is 16.8 Å². The lowest BCUT2D eigenvalue weighted by Crippen LogP contribution is -2.47. The predicted octanol–water partition coefficient (Wildman–Crippen LogP) is 5.11. The Hall–Kier alpha value is -2.89. The van der Waals surface area contributed by atoms with Crippen molar-refractivity contribution in [1.82, 2.24) is 14.8 Å². The molecule has 160 valence electrons. The van der Waals surface area contributed by atoms with Gasteiger partial charge in [0.1, 0.15) is 5.82 Å². The Morgan fingerprint density at radius 1 is 0.806 bits per heavy atom. The van der Waals surface area contributed by atoms with E-state index in [9.17, 15) is 0 Å². The van der Waals surface area contributed by atoms with Gasteiger partial charge in [0.05, 0.1) is 5.69 Å². The van der Waals surface area contributed by atoms with Crippen LogP contribution < -0.4 is 0 Å². The van der Waals surface area contributed by atoms with Gasteiger partial charge in [-0.25, -0.2) is 4.98 Å². The molecule has 0 bridgehead atoms. The summed E-state index contributed by atoms with van der Waals surface area (Å²) in [4.78, 5) is 9.54. The second-order valence-electron chi connectivity index (χ2n) is 8.35. The molecule has 4 rings (SSSR count). The van der Waals surface area contributed by atoms with Gasteiger partial charge in [-0.05, 0) is 48.6 Å². The van der Waals surface area contributed by atoms with Gasteiger partial charge in [0, 0.05) is 44.8 Å². The molecule has 0 aliphatic carbocycles. The topological polar surface area (TPSA) is 54.0 Å². The average molecular weight is 413 g/mol. The molecule has 0 saturated carbocycles. The SMILES string of the molecule is Cc1cc(N=[N-])nc(-c2ccc(CCN3CCN(CCc4ccccc4)CC3)cc2)c1. The largest absolute Gasteiger partial charge is 0.705 e.